The van der Waals surface area contributed by atoms with Crippen molar-refractivity contribution in [1.29, 1.82) is 0 Å². The molecule has 3 atom stereocenters. The highest BCUT2D eigenvalue weighted by molar-refractivity contribution is 7.86. The van der Waals surface area contributed by atoms with Crippen LogP contribution in [-0.2, 0) is 37.6 Å². The van der Waals surface area contributed by atoms with Crippen molar-refractivity contribution < 1.29 is 61.6 Å². The fourth-order valence-electron chi connectivity index (χ4n) is 4.73. The first-order chi connectivity index (χ1) is 18.7. The minimum absolute atomic E-state index is 0.109. The van der Waals surface area contributed by atoms with Crippen molar-refractivity contribution in [3.05, 3.63) is 64.2 Å². The zero-order valence-electron chi connectivity index (χ0n) is 21.6. The molecule has 0 bridgehead atoms. The molecule has 0 N–H and O–H groups in total. The Labute approximate surface area is 229 Å². The quantitative estimate of drug-likeness (QED) is 0.244. The van der Waals surface area contributed by atoms with Gasteiger partial charge in [0.25, 0.3) is 10.1 Å². The molecule has 6 nitrogen and oxygen atoms in total. The van der Waals surface area contributed by atoms with E-state index in [4.69, 9.17) is 8.92 Å². The van der Waals surface area contributed by atoms with Gasteiger partial charge >= 0.3 is 24.6 Å². The molecule has 2 aromatic rings. The lowest BCUT2D eigenvalue weighted by Crippen LogP contribution is -2.46. The molecule has 0 spiro atoms. The number of anilines is 1. The smallest absolute Gasteiger partial charge is 0.416 e. The van der Waals surface area contributed by atoms with E-state index >= 15 is 0 Å². The number of nitrogens with zero attached hydrogens (tertiary/aromatic N) is 1. The lowest BCUT2D eigenvalue weighted by Gasteiger charge is -2.42. The first-order valence-electron chi connectivity index (χ1n) is 12.0. The second-order valence-electron chi connectivity index (χ2n) is 9.30. The molecule has 228 valence electrons. The molecule has 1 aliphatic rings. The van der Waals surface area contributed by atoms with Gasteiger partial charge in [0.05, 0.1) is 35.2 Å². The van der Waals surface area contributed by atoms with E-state index < -0.39 is 75.1 Å². The van der Waals surface area contributed by atoms with Gasteiger partial charge in [0.1, 0.15) is 6.10 Å². The van der Waals surface area contributed by atoms with E-state index in [-0.39, 0.29) is 48.9 Å². The number of alkyl halides is 9. The Morgan fingerprint density at radius 1 is 0.902 bits per heavy atom. The molecular formula is C25H24F9NO5S. The van der Waals surface area contributed by atoms with Crippen LogP contribution in [0.5, 0.6) is 0 Å². The van der Waals surface area contributed by atoms with Crippen LogP contribution in [0.25, 0.3) is 0 Å². The van der Waals surface area contributed by atoms with Gasteiger partial charge in [0.2, 0.25) is 0 Å². The number of benzene rings is 2. The summed E-state index contributed by atoms with van der Waals surface area (Å²) in [4.78, 5) is 13.8. The van der Waals surface area contributed by atoms with Crippen molar-refractivity contribution in [3.63, 3.8) is 0 Å². The summed E-state index contributed by atoms with van der Waals surface area (Å²) in [5, 5.41) is 0. The first-order valence-corrected chi connectivity index (χ1v) is 13.8. The fourth-order valence-corrected chi connectivity index (χ4v) is 5.35. The standard InChI is InChI=1S/C25H24F9NO5S/c1-4-17-12-19(18-11-14(23(26,27)28)6-7-20(18)35(17)22(36)39-5-2)21(40-41(3,37)38)13-8-15(24(29,30)31)10-16(9-13)25(32,33)34/h6-11,17,19,21H,4-5,12H2,1-3H3/t17-,19-,21+/m1/s1. The Balaban J connectivity index is 2.38. The average Bonchev–Trinajstić information content (AvgIpc) is 2.83. The van der Waals surface area contributed by atoms with E-state index in [2.05, 4.69) is 0 Å². The van der Waals surface area contributed by atoms with Gasteiger partial charge in [0.15, 0.2) is 0 Å². The second-order valence-corrected chi connectivity index (χ2v) is 10.9. The van der Waals surface area contributed by atoms with Crippen LogP contribution in [0, 0.1) is 0 Å². The van der Waals surface area contributed by atoms with E-state index in [0.717, 1.165) is 11.0 Å². The van der Waals surface area contributed by atoms with E-state index in [1.54, 1.807) is 6.92 Å². The molecule has 41 heavy (non-hydrogen) atoms. The largest absolute Gasteiger partial charge is 0.449 e. The summed E-state index contributed by atoms with van der Waals surface area (Å²) in [5.41, 5.74) is -6.25. The van der Waals surface area contributed by atoms with Crippen LogP contribution < -0.4 is 4.90 Å². The molecule has 0 saturated carbocycles. The van der Waals surface area contributed by atoms with E-state index in [1.165, 1.54) is 6.92 Å². The summed E-state index contributed by atoms with van der Waals surface area (Å²) in [5.74, 6) is -1.54. The Bertz CT molecular complexity index is 1360. The van der Waals surface area contributed by atoms with Crippen LogP contribution in [0.15, 0.2) is 36.4 Å². The molecule has 0 fully saturated rings. The van der Waals surface area contributed by atoms with Crippen molar-refractivity contribution >= 4 is 21.9 Å². The molecule has 0 radical (unpaired) electrons. The van der Waals surface area contributed by atoms with E-state index in [1.807, 2.05) is 0 Å². The summed E-state index contributed by atoms with van der Waals surface area (Å²) in [6.07, 6.45) is -18.4. The van der Waals surface area contributed by atoms with Crippen molar-refractivity contribution in [1.82, 2.24) is 0 Å². The molecule has 16 heteroatoms. The number of fused-ring (bicyclic) bond motifs is 1. The summed E-state index contributed by atoms with van der Waals surface area (Å²) < 4.78 is 157. The van der Waals surface area contributed by atoms with Crippen molar-refractivity contribution in [3.8, 4) is 0 Å². The third-order valence-electron chi connectivity index (χ3n) is 6.42. The third kappa shape index (κ3) is 7.45. The summed E-state index contributed by atoms with van der Waals surface area (Å²) in [6, 6.07) is 1.56. The third-order valence-corrected chi connectivity index (χ3v) is 6.98. The summed E-state index contributed by atoms with van der Waals surface area (Å²) in [7, 11) is -4.61. The maximum absolute atomic E-state index is 13.7. The first kappa shape index (κ1) is 32.5. The normalized spacial score (nSPS) is 19.1. The van der Waals surface area contributed by atoms with E-state index in [0.29, 0.717) is 18.4 Å². The SMILES string of the molecule is CCOC(=O)N1c2ccc(C(F)(F)F)cc2[C@H]([C@@H](OS(C)(=O)=O)c2cc(C(F)(F)F)cc(C(F)(F)F)c2)C[C@H]1CC. The number of carbonyl (C=O) groups excluding carboxylic acids is 1. The van der Waals surface area contributed by atoms with Gasteiger partial charge < -0.3 is 4.74 Å². The molecule has 0 saturated heterocycles. The maximum atomic E-state index is 13.7. The molecule has 1 heterocycles. The minimum atomic E-state index is -5.30. The van der Waals surface area contributed by atoms with Gasteiger partial charge in [-0.2, -0.15) is 47.9 Å². The minimum Gasteiger partial charge on any atom is -0.449 e. The van der Waals surface area contributed by atoms with Gasteiger partial charge in [-0.3, -0.25) is 9.08 Å². The highest BCUT2D eigenvalue weighted by atomic mass is 32.2. The van der Waals surface area contributed by atoms with Gasteiger partial charge in [-0.1, -0.05) is 6.92 Å². The number of amides is 1. The number of halogens is 9. The van der Waals surface area contributed by atoms with Gasteiger partial charge in [0, 0.05) is 12.0 Å². The number of hydrogen-bond acceptors (Lipinski definition) is 5. The number of hydrogen-bond donors (Lipinski definition) is 0. The lowest BCUT2D eigenvalue weighted by molar-refractivity contribution is -0.143. The highest BCUT2D eigenvalue weighted by Gasteiger charge is 2.45. The lowest BCUT2D eigenvalue weighted by atomic mass is 9.78. The predicted molar refractivity (Wildman–Crippen MR) is 127 cm³/mol. The predicted octanol–water partition coefficient (Wildman–Crippen LogP) is 7.69. The molecule has 0 unspecified atom stereocenters. The summed E-state index contributed by atoms with van der Waals surface area (Å²) in [6.45, 7) is 2.93. The Morgan fingerprint density at radius 3 is 1.88 bits per heavy atom. The Hall–Kier alpha value is -3.01. The molecular weight excluding hydrogens is 597 g/mol. The monoisotopic (exact) mass is 621 g/mol. The zero-order chi connectivity index (χ0) is 31.1. The number of ether oxygens (including phenoxy) is 1. The van der Waals surface area contributed by atoms with Crippen molar-refractivity contribution in [2.45, 2.75) is 63.3 Å². The second kappa shape index (κ2) is 11.3. The highest BCUT2D eigenvalue weighted by Crippen LogP contribution is 2.50. The van der Waals surface area contributed by atoms with Crippen molar-refractivity contribution in [2.24, 2.45) is 0 Å². The number of carbonyl (C=O) groups is 1. The van der Waals surface area contributed by atoms with Crippen LogP contribution in [0.3, 0.4) is 0 Å². The molecule has 0 aromatic heterocycles. The van der Waals surface area contributed by atoms with Crippen LogP contribution in [0.2, 0.25) is 0 Å². The molecule has 3 rings (SSSR count). The molecule has 1 aliphatic heterocycles. The van der Waals surface area contributed by atoms with Crippen LogP contribution in [0.4, 0.5) is 50.0 Å². The van der Waals surface area contributed by atoms with Crippen LogP contribution >= 0.6 is 0 Å². The average molecular weight is 622 g/mol. The molecule has 2 aromatic carbocycles. The maximum Gasteiger partial charge on any atom is 0.416 e. The van der Waals surface area contributed by atoms with Gasteiger partial charge in [-0.25, -0.2) is 4.79 Å². The van der Waals surface area contributed by atoms with Gasteiger partial charge in [-0.15, -0.1) is 0 Å². The number of rotatable bonds is 6. The van der Waals surface area contributed by atoms with Crippen LogP contribution in [0.1, 0.15) is 66.5 Å². The van der Waals surface area contributed by atoms with Crippen molar-refractivity contribution in [2.75, 3.05) is 17.8 Å². The molecule has 1 amide bonds. The van der Waals surface area contributed by atoms with Gasteiger partial charge in [-0.05, 0) is 67.3 Å². The fraction of sp³-hybridized carbons (Fsp3) is 0.480. The van der Waals surface area contributed by atoms with E-state index in [9.17, 15) is 52.7 Å². The Kier molecular flexibility index (Phi) is 8.99. The zero-order valence-corrected chi connectivity index (χ0v) is 22.4. The Morgan fingerprint density at radius 2 is 1.44 bits per heavy atom. The molecule has 0 aliphatic carbocycles. The summed E-state index contributed by atoms with van der Waals surface area (Å²) >= 11 is 0. The van der Waals surface area contributed by atoms with Crippen LogP contribution in [-0.4, -0.2) is 33.4 Å². The topological polar surface area (TPSA) is 72.9 Å².